The van der Waals surface area contributed by atoms with Gasteiger partial charge in [0.2, 0.25) is 0 Å². The van der Waals surface area contributed by atoms with Crippen LogP contribution in [0.4, 0.5) is 4.39 Å². The molecule has 0 aromatic heterocycles. The summed E-state index contributed by atoms with van der Waals surface area (Å²) in [5, 5.41) is 0. The van der Waals surface area contributed by atoms with E-state index in [-0.39, 0.29) is 5.56 Å². The summed E-state index contributed by atoms with van der Waals surface area (Å²) in [6.07, 6.45) is 0.486. The summed E-state index contributed by atoms with van der Waals surface area (Å²) in [5.41, 5.74) is 0.0781. The number of carbonyl (C=O) groups is 1. The molecule has 12 heavy (non-hydrogen) atoms. The third kappa shape index (κ3) is 3.13. The molecule has 1 rings (SSSR count). The van der Waals surface area contributed by atoms with E-state index < -0.39 is 5.82 Å². The van der Waals surface area contributed by atoms with Crippen LogP contribution in [0.2, 0.25) is 0 Å². The van der Waals surface area contributed by atoms with E-state index in [1.54, 1.807) is 6.07 Å². The number of aldehydes is 1. The van der Waals surface area contributed by atoms with Crippen LogP contribution < -0.4 is 0 Å². The summed E-state index contributed by atoms with van der Waals surface area (Å²) >= 11 is 3.11. The van der Waals surface area contributed by atoms with E-state index in [9.17, 15) is 9.18 Å². The van der Waals surface area contributed by atoms with Gasteiger partial charge in [0, 0.05) is 4.47 Å². The summed E-state index contributed by atoms with van der Waals surface area (Å²) in [6, 6.07) is 4.22. The Morgan fingerprint density at radius 2 is 2.00 bits per heavy atom. The van der Waals surface area contributed by atoms with Gasteiger partial charge in [-0.15, -0.1) is 0 Å². The molecule has 0 aliphatic carbocycles. The van der Waals surface area contributed by atoms with Gasteiger partial charge in [0.25, 0.3) is 0 Å². The molecule has 0 aliphatic rings. The first-order valence-electron chi connectivity index (χ1n) is 3.64. The Bertz CT molecular complexity index is 261. The highest BCUT2D eigenvalue weighted by molar-refractivity contribution is 9.10. The van der Waals surface area contributed by atoms with Crippen LogP contribution in [0.5, 0.6) is 0 Å². The maximum Gasteiger partial charge on any atom is 0.153 e. The fourth-order valence-corrected chi connectivity index (χ4v) is 0.984. The van der Waals surface area contributed by atoms with E-state index in [1.165, 1.54) is 12.1 Å². The number of benzene rings is 1. The molecule has 0 bridgehead atoms. The van der Waals surface area contributed by atoms with Gasteiger partial charge >= 0.3 is 0 Å². The lowest BCUT2D eigenvalue weighted by Gasteiger charge is -1.92. The van der Waals surface area contributed by atoms with Gasteiger partial charge in [-0.1, -0.05) is 29.8 Å². The first-order valence-corrected chi connectivity index (χ1v) is 4.43. The lowest BCUT2D eigenvalue weighted by atomic mass is 10.2. The highest BCUT2D eigenvalue weighted by Crippen LogP contribution is 2.13. The topological polar surface area (TPSA) is 17.1 Å². The molecule has 0 fully saturated rings. The Balaban J connectivity index is 0.000000561. The van der Waals surface area contributed by atoms with Gasteiger partial charge < -0.3 is 0 Å². The molecular weight excluding hydrogens is 223 g/mol. The third-order valence-electron chi connectivity index (χ3n) is 1.09. The smallest absolute Gasteiger partial charge is 0.153 e. The largest absolute Gasteiger partial charge is 0.298 e. The predicted octanol–water partition coefficient (Wildman–Crippen LogP) is 3.43. The van der Waals surface area contributed by atoms with Crippen molar-refractivity contribution in [3.63, 3.8) is 0 Å². The highest BCUT2D eigenvalue weighted by Gasteiger charge is 1.98. The molecule has 0 saturated heterocycles. The second-order valence-corrected chi connectivity index (χ2v) is 2.70. The molecular formula is C9H10BrFO. The summed E-state index contributed by atoms with van der Waals surface area (Å²) in [4.78, 5) is 10.1. The molecule has 0 atom stereocenters. The van der Waals surface area contributed by atoms with Crippen LogP contribution in [0.3, 0.4) is 0 Å². The average molecular weight is 233 g/mol. The van der Waals surface area contributed by atoms with Crippen LogP contribution >= 0.6 is 15.9 Å². The maximum atomic E-state index is 12.5. The molecule has 0 N–H and O–H groups in total. The Morgan fingerprint density at radius 1 is 1.42 bits per heavy atom. The van der Waals surface area contributed by atoms with E-state index in [4.69, 9.17) is 0 Å². The summed E-state index contributed by atoms with van der Waals surface area (Å²) < 4.78 is 13.2. The second kappa shape index (κ2) is 5.89. The number of halogens is 2. The van der Waals surface area contributed by atoms with E-state index in [0.717, 1.165) is 0 Å². The molecule has 0 aliphatic heterocycles. The maximum absolute atomic E-state index is 12.5. The molecule has 0 radical (unpaired) electrons. The first-order chi connectivity index (χ1) is 5.74. The minimum atomic E-state index is -0.488. The van der Waals surface area contributed by atoms with E-state index in [1.807, 2.05) is 13.8 Å². The minimum absolute atomic E-state index is 0.0781. The summed E-state index contributed by atoms with van der Waals surface area (Å²) in [7, 11) is 0. The summed E-state index contributed by atoms with van der Waals surface area (Å²) in [6.45, 7) is 4.00. The zero-order valence-electron chi connectivity index (χ0n) is 6.97. The van der Waals surface area contributed by atoms with Crippen molar-refractivity contribution in [3.05, 3.63) is 34.1 Å². The van der Waals surface area contributed by atoms with Gasteiger partial charge in [-0.05, 0) is 18.2 Å². The second-order valence-electron chi connectivity index (χ2n) is 1.78. The van der Waals surface area contributed by atoms with Crippen LogP contribution in [-0.2, 0) is 0 Å². The lowest BCUT2D eigenvalue weighted by Crippen LogP contribution is -1.85. The molecule has 1 aromatic carbocycles. The van der Waals surface area contributed by atoms with E-state index in [0.29, 0.717) is 10.8 Å². The molecule has 1 nitrogen and oxygen atoms in total. The SMILES string of the molecule is CC.O=Cc1cc(Br)ccc1F. The number of hydrogen-bond acceptors (Lipinski definition) is 1. The summed E-state index contributed by atoms with van der Waals surface area (Å²) in [5.74, 6) is -0.488. The van der Waals surface area contributed by atoms with E-state index in [2.05, 4.69) is 15.9 Å². The molecule has 0 unspecified atom stereocenters. The van der Waals surface area contributed by atoms with Crippen molar-refractivity contribution in [2.75, 3.05) is 0 Å². The van der Waals surface area contributed by atoms with Gasteiger partial charge in [0.1, 0.15) is 5.82 Å². The Morgan fingerprint density at radius 3 is 2.42 bits per heavy atom. The van der Waals surface area contributed by atoms with Gasteiger partial charge in [-0.3, -0.25) is 4.79 Å². The molecule has 1 aromatic rings. The molecule has 0 spiro atoms. The Labute approximate surface area is 79.7 Å². The van der Waals surface area contributed by atoms with Gasteiger partial charge in [-0.25, -0.2) is 4.39 Å². The minimum Gasteiger partial charge on any atom is -0.298 e. The van der Waals surface area contributed by atoms with E-state index >= 15 is 0 Å². The van der Waals surface area contributed by atoms with Crippen molar-refractivity contribution in [2.45, 2.75) is 13.8 Å². The van der Waals surface area contributed by atoms with Crippen molar-refractivity contribution in [1.29, 1.82) is 0 Å². The molecule has 3 heteroatoms. The van der Waals surface area contributed by atoms with Crippen molar-refractivity contribution in [1.82, 2.24) is 0 Å². The normalized spacial score (nSPS) is 8.33. The molecule has 0 heterocycles. The van der Waals surface area contributed by atoms with Gasteiger partial charge in [0.15, 0.2) is 6.29 Å². The highest BCUT2D eigenvalue weighted by atomic mass is 79.9. The van der Waals surface area contributed by atoms with Crippen LogP contribution in [0.25, 0.3) is 0 Å². The average Bonchev–Trinajstić information content (AvgIpc) is 2.13. The zero-order chi connectivity index (χ0) is 9.56. The standard InChI is InChI=1S/C7H4BrFO.C2H6/c8-6-1-2-7(9)5(3-6)4-10;1-2/h1-4H;1-2H3. The lowest BCUT2D eigenvalue weighted by molar-refractivity contribution is 0.112. The van der Waals surface area contributed by atoms with Crippen molar-refractivity contribution in [2.24, 2.45) is 0 Å². The predicted molar refractivity (Wildman–Crippen MR) is 50.8 cm³/mol. The van der Waals surface area contributed by atoms with Gasteiger partial charge in [0.05, 0.1) is 5.56 Å². The van der Waals surface area contributed by atoms with Crippen LogP contribution in [0.15, 0.2) is 22.7 Å². The third-order valence-corrected chi connectivity index (χ3v) is 1.58. The molecule has 0 amide bonds. The van der Waals surface area contributed by atoms with Gasteiger partial charge in [-0.2, -0.15) is 0 Å². The zero-order valence-corrected chi connectivity index (χ0v) is 8.56. The molecule has 0 saturated carbocycles. The first kappa shape index (κ1) is 11.3. The monoisotopic (exact) mass is 232 g/mol. The Hall–Kier alpha value is -0.700. The van der Waals surface area contributed by atoms with Crippen LogP contribution in [0.1, 0.15) is 24.2 Å². The van der Waals surface area contributed by atoms with Crippen LogP contribution in [0, 0.1) is 5.82 Å². The van der Waals surface area contributed by atoms with Crippen LogP contribution in [-0.4, -0.2) is 6.29 Å². The Kier molecular flexibility index (Phi) is 5.54. The quantitative estimate of drug-likeness (QED) is 0.679. The fourth-order valence-electron chi connectivity index (χ4n) is 0.605. The van der Waals surface area contributed by atoms with Crippen molar-refractivity contribution >= 4 is 22.2 Å². The van der Waals surface area contributed by atoms with Crippen molar-refractivity contribution in [3.8, 4) is 0 Å². The molecule has 66 valence electrons. The fraction of sp³-hybridized carbons (Fsp3) is 0.222. The number of hydrogen-bond donors (Lipinski definition) is 0. The van der Waals surface area contributed by atoms with Crippen molar-refractivity contribution < 1.29 is 9.18 Å². The number of carbonyl (C=O) groups excluding carboxylic acids is 1. The number of rotatable bonds is 1.